The zero-order valence-electron chi connectivity index (χ0n) is 8.48. The SMILES string of the molecule is N#Cc1ccnnc1Nc1c(Cl)cccc1Cl. The van der Waals surface area contributed by atoms with E-state index in [1.807, 2.05) is 6.07 Å². The second kappa shape index (κ2) is 5.00. The molecule has 0 saturated carbocycles. The maximum Gasteiger partial charge on any atom is 0.171 e. The summed E-state index contributed by atoms with van der Waals surface area (Å²) >= 11 is 12.0. The van der Waals surface area contributed by atoms with Gasteiger partial charge in [-0.05, 0) is 18.2 Å². The minimum Gasteiger partial charge on any atom is -0.335 e. The number of hydrogen-bond donors (Lipinski definition) is 1. The Hall–Kier alpha value is -1.83. The zero-order chi connectivity index (χ0) is 12.3. The first-order valence-electron chi connectivity index (χ1n) is 4.65. The molecule has 84 valence electrons. The van der Waals surface area contributed by atoms with Crippen LogP contribution in [0, 0.1) is 11.3 Å². The molecule has 0 atom stereocenters. The summed E-state index contributed by atoms with van der Waals surface area (Å²) in [4.78, 5) is 0. The van der Waals surface area contributed by atoms with Gasteiger partial charge in [-0.2, -0.15) is 10.4 Å². The normalized spacial score (nSPS) is 9.71. The predicted molar refractivity (Wildman–Crippen MR) is 66.5 cm³/mol. The van der Waals surface area contributed by atoms with E-state index in [4.69, 9.17) is 28.5 Å². The molecule has 0 amide bonds. The zero-order valence-corrected chi connectivity index (χ0v) is 10.00. The number of nitrogens with zero attached hydrogens (tertiary/aromatic N) is 3. The van der Waals surface area contributed by atoms with Crippen molar-refractivity contribution in [2.45, 2.75) is 0 Å². The lowest BCUT2D eigenvalue weighted by molar-refractivity contribution is 1.03. The number of halogens is 2. The summed E-state index contributed by atoms with van der Waals surface area (Å²) in [5, 5.41) is 20.2. The molecule has 1 heterocycles. The molecule has 0 aliphatic rings. The van der Waals surface area contributed by atoms with Crippen LogP contribution in [0.15, 0.2) is 30.5 Å². The molecule has 2 aromatic rings. The molecule has 0 radical (unpaired) electrons. The lowest BCUT2D eigenvalue weighted by atomic mass is 10.2. The van der Waals surface area contributed by atoms with E-state index < -0.39 is 0 Å². The molecule has 0 unspecified atom stereocenters. The molecular formula is C11H6Cl2N4. The van der Waals surface area contributed by atoms with Crippen LogP contribution in [0.3, 0.4) is 0 Å². The Morgan fingerprint density at radius 1 is 1.18 bits per heavy atom. The summed E-state index contributed by atoms with van der Waals surface area (Å²) in [6, 6.07) is 8.68. The molecular weight excluding hydrogens is 259 g/mol. The largest absolute Gasteiger partial charge is 0.335 e. The van der Waals surface area contributed by atoms with Crippen molar-refractivity contribution in [3.63, 3.8) is 0 Å². The minimum atomic E-state index is 0.324. The van der Waals surface area contributed by atoms with Crippen LogP contribution in [-0.4, -0.2) is 10.2 Å². The number of benzene rings is 1. The van der Waals surface area contributed by atoms with Gasteiger partial charge in [0.15, 0.2) is 5.82 Å². The van der Waals surface area contributed by atoms with Gasteiger partial charge in [0.1, 0.15) is 6.07 Å². The Bertz CT molecular complexity index is 572. The first-order valence-corrected chi connectivity index (χ1v) is 5.41. The number of rotatable bonds is 2. The Balaban J connectivity index is 2.42. The Labute approximate surface area is 108 Å². The highest BCUT2D eigenvalue weighted by Gasteiger charge is 2.09. The quantitative estimate of drug-likeness (QED) is 0.903. The van der Waals surface area contributed by atoms with Gasteiger partial charge >= 0.3 is 0 Å². The maximum absolute atomic E-state index is 8.91. The van der Waals surface area contributed by atoms with Crippen molar-refractivity contribution < 1.29 is 0 Å². The lowest BCUT2D eigenvalue weighted by Crippen LogP contribution is -1.99. The molecule has 0 aliphatic carbocycles. The lowest BCUT2D eigenvalue weighted by Gasteiger charge is -2.09. The van der Waals surface area contributed by atoms with Gasteiger partial charge in [0.25, 0.3) is 0 Å². The van der Waals surface area contributed by atoms with Crippen molar-refractivity contribution in [3.05, 3.63) is 46.1 Å². The molecule has 1 aromatic heterocycles. The van der Waals surface area contributed by atoms with Crippen molar-refractivity contribution in [1.82, 2.24) is 10.2 Å². The van der Waals surface area contributed by atoms with Crippen molar-refractivity contribution >= 4 is 34.7 Å². The van der Waals surface area contributed by atoms with E-state index in [0.717, 1.165) is 0 Å². The van der Waals surface area contributed by atoms with Gasteiger partial charge in [0, 0.05) is 0 Å². The van der Waals surface area contributed by atoms with Gasteiger partial charge in [-0.25, -0.2) is 0 Å². The molecule has 2 rings (SSSR count). The van der Waals surface area contributed by atoms with Crippen LogP contribution < -0.4 is 5.32 Å². The second-order valence-corrected chi connectivity index (χ2v) is 3.94. The van der Waals surface area contributed by atoms with E-state index in [0.29, 0.717) is 27.1 Å². The summed E-state index contributed by atoms with van der Waals surface area (Å²) < 4.78 is 0. The van der Waals surface area contributed by atoms with Crippen molar-refractivity contribution in [2.24, 2.45) is 0 Å². The van der Waals surface area contributed by atoms with Crippen LogP contribution in [-0.2, 0) is 0 Å². The third-order valence-electron chi connectivity index (χ3n) is 2.05. The molecule has 6 heteroatoms. The van der Waals surface area contributed by atoms with Crippen molar-refractivity contribution in [3.8, 4) is 6.07 Å². The molecule has 0 saturated heterocycles. The third kappa shape index (κ3) is 2.47. The molecule has 0 spiro atoms. The van der Waals surface area contributed by atoms with E-state index >= 15 is 0 Å². The van der Waals surface area contributed by atoms with Crippen LogP contribution in [0.1, 0.15) is 5.56 Å². The number of nitrogens with one attached hydrogen (secondary N) is 1. The summed E-state index contributed by atoms with van der Waals surface area (Å²) in [7, 11) is 0. The molecule has 0 aliphatic heterocycles. The summed E-state index contributed by atoms with van der Waals surface area (Å²) in [6.45, 7) is 0. The first-order chi connectivity index (χ1) is 8.22. The number of para-hydroxylation sites is 1. The summed E-state index contributed by atoms with van der Waals surface area (Å²) in [5.74, 6) is 0.324. The molecule has 4 nitrogen and oxygen atoms in total. The van der Waals surface area contributed by atoms with Crippen molar-refractivity contribution in [2.75, 3.05) is 5.32 Å². The van der Waals surface area contributed by atoms with E-state index in [1.54, 1.807) is 24.3 Å². The van der Waals surface area contributed by atoms with Crippen LogP contribution in [0.25, 0.3) is 0 Å². The van der Waals surface area contributed by atoms with Gasteiger partial charge in [-0.15, -0.1) is 5.10 Å². The summed E-state index contributed by atoms with van der Waals surface area (Å²) in [6.07, 6.45) is 1.44. The average Bonchev–Trinajstić information content (AvgIpc) is 2.34. The van der Waals surface area contributed by atoms with Gasteiger partial charge in [0.05, 0.1) is 27.5 Å². The van der Waals surface area contributed by atoms with E-state index in [1.165, 1.54) is 6.20 Å². The smallest absolute Gasteiger partial charge is 0.171 e. The van der Waals surface area contributed by atoms with Crippen LogP contribution in [0.5, 0.6) is 0 Å². The average molecular weight is 265 g/mol. The van der Waals surface area contributed by atoms with Crippen LogP contribution in [0.2, 0.25) is 10.0 Å². The minimum absolute atomic E-state index is 0.324. The monoisotopic (exact) mass is 264 g/mol. The second-order valence-electron chi connectivity index (χ2n) is 3.13. The van der Waals surface area contributed by atoms with Gasteiger partial charge in [-0.1, -0.05) is 29.3 Å². The number of hydrogen-bond acceptors (Lipinski definition) is 4. The fourth-order valence-electron chi connectivity index (χ4n) is 1.25. The van der Waals surface area contributed by atoms with Gasteiger partial charge in [-0.3, -0.25) is 0 Å². The standard InChI is InChI=1S/C11H6Cl2N4/c12-8-2-1-3-9(13)10(8)16-11-7(6-14)4-5-15-17-11/h1-5H,(H,16,17). The molecule has 1 N–H and O–H groups in total. The molecule has 0 bridgehead atoms. The molecule has 17 heavy (non-hydrogen) atoms. The van der Waals surface area contributed by atoms with Gasteiger partial charge < -0.3 is 5.32 Å². The first kappa shape index (κ1) is 11.6. The highest BCUT2D eigenvalue weighted by atomic mass is 35.5. The Morgan fingerprint density at radius 3 is 2.53 bits per heavy atom. The topological polar surface area (TPSA) is 61.6 Å². The van der Waals surface area contributed by atoms with Crippen LogP contribution >= 0.6 is 23.2 Å². The van der Waals surface area contributed by atoms with E-state index in [-0.39, 0.29) is 0 Å². The van der Waals surface area contributed by atoms with Crippen molar-refractivity contribution in [1.29, 1.82) is 5.26 Å². The van der Waals surface area contributed by atoms with E-state index in [2.05, 4.69) is 15.5 Å². The highest BCUT2D eigenvalue weighted by molar-refractivity contribution is 6.39. The third-order valence-corrected chi connectivity index (χ3v) is 2.68. The number of anilines is 2. The molecule has 0 fully saturated rings. The number of nitriles is 1. The van der Waals surface area contributed by atoms with Gasteiger partial charge in [0.2, 0.25) is 0 Å². The number of aromatic nitrogens is 2. The predicted octanol–water partition coefficient (Wildman–Crippen LogP) is 3.40. The fourth-order valence-corrected chi connectivity index (χ4v) is 1.74. The fraction of sp³-hybridized carbons (Fsp3) is 0. The Morgan fingerprint density at radius 2 is 1.88 bits per heavy atom. The maximum atomic E-state index is 8.91. The Kier molecular flexibility index (Phi) is 3.43. The van der Waals surface area contributed by atoms with Crippen LogP contribution in [0.4, 0.5) is 11.5 Å². The highest BCUT2D eigenvalue weighted by Crippen LogP contribution is 2.32. The summed E-state index contributed by atoms with van der Waals surface area (Å²) in [5.41, 5.74) is 0.879. The van der Waals surface area contributed by atoms with E-state index in [9.17, 15) is 0 Å². The molecule has 1 aromatic carbocycles.